The molecule has 3 rings (SSSR count). The third kappa shape index (κ3) is 3.09. The van der Waals surface area contributed by atoms with Gasteiger partial charge >= 0.3 is 11.9 Å². The van der Waals surface area contributed by atoms with Crippen LogP contribution in [0.25, 0.3) is 21.9 Å². The number of carboxylic acids is 2. The van der Waals surface area contributed by atoms with E-state index in [1.807, 2.05) is 0 Å². The highest BCUT2D eigenvalue weighted by molar-refractivity contribution is 6.67. The second-order valence-electron chi connectivity index (χ2n) is 5.39. The van der Waals surface area contributed by atoms with Gasteiger partial charge in [-0.25, -0.2) is 9.59 Å². The van der Waals surface area contributed by atoms with Crippen molar-refractivity contribution in [2.75, 3.05) is 0 Å². The summed E-state index contributed by atoms with van der Waals surface area (Å²) in [6.07, 6.45) is 0. The van der Waals surface area contributed by atoms with Crippen molar-refractivity contribution in [1.29, 1.82) is 0 Å². The van der Waals surface area contributed by atoms with Crippen molar-refractivity contribution in [3.63, 3.8) is 0 Å². The Morgan fingerprint density at radius 1 is 0.760 bits per heavy atom. The Hall–Kier alpha value is -3.18. The summed E-state index contributed by atoms with van der Waals surface area (Å²) in [5.74, 6) is -2.41. The minimum absolute atomic E-state index is 0.0909. The maximum Gasteiger partial charge on any atom is 0.336 e. The van der Waals surface area contributed by atoms with Gasteiger partial charge in [-0.05, 0) is 58.3 Å². The van der Waals surface area contributed by atoms with Gasteiger partial charge in [0.05, 0.1) is 11.1 Å². The number of benzene rings is 3. The predicted octanol–water partition coefficient (Wildman–Crippen LogP) is 4.28. The van der Waals surface area contributed by atoms with Crippen molar-refractivity contribution in [3.05, 3.63) is 71.3 Å². The number of carbonyl (C=O) groups excluding carboxylic acids is 1. The van der Waals surface area contributed by atoms with E-state index in [-0.39, 0.29) is 16.7 Å². The first-order chi connectivity index (χ1) is 11.9. The van der Waals surface area contributed by atoms with E-state index < -0.39 is 17.2 Å². The SMILES string of the molecule is O=C(Cl)c1ccc2cc(-c3c(C(=O)O)cccc3C(=O)O)ccc2c1. The van der Waals surface area contributed by atoms with Crippen molar-refractivity contribution < 1.29 is 24.6 Å². The molecule has 0 aromatic heterocycles. The number of hydrogen-bond acceptors (Lipinski definition) is 3. The molecule has 0 aliphatic carbocycles. The molecule has 0 saturated carbocycles. The van der Waals surface area contributed by atoms with E-state index in [9.17, 15) is 24.6 Å². The van der Waals surface area contributed by atoms with Crippen molar-refractivity contribution in [3.8, 4) is 11.1 Å². The smallest absolute Gasteiger partial charge is 0.336 e. The molecule has 25 heavy (non-hydrogen) atoms. The van der Waals surface area contributed by atoms with Gasteiger partial charge in [0, 0.05) is 11.1 Å². The lowest BCUT2D eigenvalue weighted by Gasteiger charge is -2.11. The lowest BCUT2D eigenvalue weighted by Crippen LogP contribution is -2.06. The molecule has 0 spiro atoms. The highest BCUT2D eigenvalue weighted by atomic mass is 35.5. The Labute approximate surface area is 147 Å². The molecule has 0 unspecified atom stereocenters. The van der Waals surface area contributed by atoms with Crippen molar-refractivity contribution in [1.82, 2.24) is 0 Å². The first-order valence-electron chi connectivity index (χ1n) is 7.22. The second-order valence-corrected chi connectivity index (χ2v) is 5.73. The maximum absolute atomic E-state index is 11.5. The van der Waals surface area contributed by atoms with Crippen LogP contribution >= 0.6 is 11.6 Å². The summed E-state index contributed by atoms with van der Waals surface area (Å²) < 4.78 is 0. The second kappa shape index (κ2) is 6.37. The van der Waals surface area contributed by atoms with Gasteiger partial charge < -0.3 is 10.2 Å². The van der Waals surface area contributed by atoms with Gasteiger partial charge in [0.1, 0.15) is 0 Å². The van der Waals surface area contributed by atoms with Gasteiger partial charge in [0.2, 0.25) is 0 Å². The monoisotopic (exact) mass is 354 g/mol. The molecule has 5 nitrogen and oxygen atoms in total. The topological polar surface area (TPSA) is 91.7 Å². The van der Waals surface area contributed by atoms with E-state index in [2.05, 4.69) is 0 Å². The van der Waals surface area contributed by atoms with Gasteiger partial charge in [-0.2, -0.15) is 0 Å². The summed E-state index contributed by atoms with van der Waals surface area (Å²) >= 11 is 5.47. The zero-order chi connectivity index (χ0) is 18.1. The molecule has 0 bridgehead atoms. The van der Waals surface area contributed by atoms with Gasteiger partial charge in [0.25, 0.3) is 5.24 Å². The number of halogens is 1. The minimum atomic E-state index is -1.21. The molecule has 0 radical (unpaired) electrons. The summed E-state index contributed by atoms with van der Waals surface area (Å²) in [5, 5.41) is 19.7. The number of rotatable bonds is 4. The van der Waals surface area contributed by atoms with Crippen LogP contribution in [0, 0.1) is 0 Å². The maximum atomic E-state index is 11.5. The van der Waals surface area contributed by atoms with E-state index in [1.54, 1.807) is 36.4 Å². The fraction of sp³-hybridized carbons (Fsp3) is 0. The Bertz CT molecular complexity index is 1010. The highest BCUT2D eigenvalue weighted by Gasteiger charge is 2.19. The molecule has 0 saturated heterocycles. The van der Waals surface area contributed by atoms with E-state index in [4.69, 9.17) is 11.6 Å². The van der Waals surface area contributed by atoms with Crippen LogP contribution in [0.2, 0.25) is 0 Å². The van der Waals surface area contributed by atoms with Crippen molar-refractivity contribution in [2.45, 2.75) is 0 Å². The Balaban J connectivity index is 2.26. The molecular formula is C19H11ClO5. The van der Waals surface area contributed by atoms with Gasteiger partial charge in [0.15, 0.2) is 0 Å². The van der Waals surface area contributed by atoms with E-state index in [0.717, 1.165) is 10.8 Å². The van der Waals surface area contributed by atoms with Gasteiger partial charge in [-0.3, -0.25) is 4.79 Å². The molecule has 0 aliphatic rings. The molecule has 0 amide bonds. The van der Waals surface area contributed by atoms with Crippen LogP contribution in [0.1, 0.15) is 31.1 Å². The van der Waals surface area contributed by atoms with E-state index in [1.165, 1.54) is 18.2 Å². The third-order valence-electron chi connectivity index (χ3n) is 3.88. The van der Waals surface area contributed by atoms with Crippen molar-refractivity contribution in [2.24, 2.45) is 0 Å². The zero-order valence-electron chi connectivity index (χ0n) is 12.7. The number of carboxylic acid groups (broad SMARTS) is 2. The number of aromatic carboxylic acids is 2. The molecular weight excluding hydrogens is 344 g/mol. The summed E-state index contributed by atoms with van der Waals surface area (Å²) in [5.41, 5.74) is 0.771. The quantitative estimate of drug-likeness (QED) is 0.682. The van der Waals surface area contributed by atoms with Crippen LogP contribution < -0.4 is 0 Å². The van der Waals surface area contributed by atoms with Gasteiger partial charge in [-0.1, -0.05) is 24.3 Å². The molecule has 124 valence electrons. The first kappa shape index (κ1) is 16.7. The molecule has 2 N–H and O–H groups in total. The minimum Gasteiger partial charge on any atom is -0.478 e. The Kier molecular flexibility index (Phi) is 4.25. The van der Waals surface area contributed by atoms with E-state index >= 15 is 0 Å². The molecule has 3 aromatic carbocycles. The lowest BCUT2D eigenvalue weighted by molar-refractivity contribution is 0.0696. The van der Waals surface area contributed by atoms with Crippen LogP contribution in [-0.4, -0.2) is 27.4 Å². The predicted molar refractivity (Wildman–Crippen MR) is 93.5 cm³/mol. The summed E-state index contributed by atoms with van der Waals surface area (Å²) in [6.45, 7) is 0. The fourth-order valence-corrected chi connectivity index (χ4v) is 2.86. The van der Waals surface area contributed by atoms with Crippen LogP contribution in [0.3, 0.4) is 0 Å². The average molecular weight is 355 g/mol. The van der Waals surface area contributed by atoms with Crippen molar-refractivity contribution >= 4 is 39.6 Å². The van der Waals surface area contributed by atoms with Crippen LogP contribution in [0.5, 0.6) is 0 Å². The molecule has 3 aromatic rings. The van der Waals surface area contributed by atoms with Gasteiger partial charge in [-0.15, -0.1) is 0 Å². The summed E-state index contributed by atoms with van der Waals surface area (Å²) in [7, 11) is 0. The van der Waals surface area contributed by atoms with Crippen LogP contribution in [0.4, 0.5) is 0 Å². The molecule has 0 heterocycles. The summed E-state index contributed by atoms with van der Waals surface area (Å²) in [6, 6.07) is 14.0. The largest absolute Gasteiger partial charge is 0.478 e. The van der Waals surface area contributed by atoms with Crippen LogP contribution in [-0.2, 0) is 0 Å². The number of fused-ring (bicyclic) bond motifs is 1. The van der Waals surface area contributed by atoms with Crippen LogP contribution in [0.15, 0.2) is 54.6 Å². The van der Waals surface area contributed by atoms with E-state index in [0.29, 0.717) is 11.1 Å². The molecule has 0 aliphatic heterocycles. The lowest BCUT2D eigenvalue weighted by atomic mass is 9.92. The Morgan fingerprint density at radius 3 is 1.88 bits per heavy atom. The first-order valence-corrected chi connectivity index (χ1v) is 7.60. The third-order valence-corrected chi connectivity index (χ3v) is 4.10. The average Bonchev–Trinajstić information content (AvgIpc) is 2.59. The fourth-order valence-electron chi connectivity index (χ4n) is 2.74. The normalized spacial score (nSPS) is 10.6. The number of hydrogen-bond donors (Lipinski definition) is 2. The molecule has 0 atom stereocenters. The molecule has 0 fully saturated rings. The number of carbonyl (C=O) groups is 3. The Morgan fingerprint density at radius 2 is 1.32 bits per heavy atom. The summed E-state index contributed by atoms with van der Waals surface area (Å²) in [4.78, 5) is 34.3. The molecule has 6 heteroatoms. The zero-order valence-corrected chi connectivity index (χ0v) is 13.4. The standard InChI is InChI=1S/C19H11ClO5/c20-17(21)13-7-5-10-8-12(6-4-11(10)9-13)16-14(18(22)23)2-1-3-15(16)19(24)25/h1-9H,(H,22,23)(H,24,25). The highest BCUT2D eigenvalue weighted by Crippen LogP contribution is 2.31.